The van der Waals surface area contributed by atoms with Gasteiger partial charge in [-0.2, -0.15) is 0 Å². The Bertz CT molecular complexity index is 626. The highest BCUT2D eigenvalue weighted by atomic mass is 79.9. The van der Waals surface area contributed by atoms with Gasteiger partial charge in [0.15, 0.2) is 5.78 Å². The second-order valence-electron chi connectivity index (χ2n) is 4.19. The van der Waals surface area contributed by atoms with Crippen LogP contribution in [-0.4, -0.2) is 5.78 Å². The van der Waals surface area contributed by atoms with Crippen molar-refractivity contribution >= 4 is 32.5 Å². The largest absolute Gasteiger partial charge is 0.289 e. The average molecular weight is 289 g/mol. The van der Waals surface area contributed by atoms with Crippen molar-refractivity contribution in [3.05, 3.63) is 58.1 Å². The Balaban J connectivity index is 2.85. The van der Waals surface area contributed by atoms with Gasteiger partial charge in [0.05, 0.1) is 0 Å². The number of rotatable bonds is 2. The van der Waals surface area contributed by atoms with Gasteiger partial charge in [0.25, 0.3) is 0 Å². The van der Waals surface area contributed by atoms with Gasteiger partial charge in [0.2, 0.25) is 0 Å². The molecule has 0 radical (unpaired) electrons. The van der Waals surface area contributed by atoms with E-state index in [9.17, 15) is 4.79 Å². The SMILES string of the molecule is C=C(C)C(=O)c1cc(Br)c(C)c2ccccc12. The minimum absolute atomic E-state index is 0.00176. The normalized spacial score (nSPS) is 10.5. The summed E-state index contributed by atoms with van der Waals surface area (Å²) < 4.78 is 0.959. The van der Waals surface area contributed by atoms with Gasteiger partial charge in [-0.25, -0.2) is 0 Å². The Morgan fingerprint density at radius 3 is 2.41 bits per heavy atom. The summed E-state index contributed by atoms with van der Waals surface area (Å²) in [6.07, 6.45) is 0. The summed E-state index contributed by atoms with van der Waals surface area (Å²) in [4.78, 5) is 12.1. The van der Waals surface area contributed by atoms with Crippen LogP contribution in [-0.2, 0) is 0 Å². The topological polar surface area (TPSA) is 17.1 Å². The number of allylic oxidation sites excluding steroid dienone is 1. The molecule has 86 valence electrons. The van der Waals surface area contributed by atoms with Crippen molar-refractivity contribution in [1.29, 1.82) is 0 Å². The number of hydrogen-bond donors (Lipinski definition) is 0. The molecule has 2 heteroatoms. The van der Waals surface area contributed by atoms with Gasteiger partial charge in [-0.15, -0.1) is 0 Å². The molecule has 0 saturated heterocycles. The molecule has 0 heterocycles. The smallest absolute Gasteiger partial charge is 0.188 e. The molecule has 0 saturated carbocycles. The number of hydrogen-bond acceptors (Lipinski definition) is 1. The number of carbonyl (C=O) groups is 1. The van der Waals surface area contributed by atoms with E-state index in [1.54, 1.807) is 6.92 Å². The first-order valence-corrected chi connectivity index (χ1v) is 6.19. The Morgan fingerprint density at radius 2 is 1.82 bits per heavy atom. The first-order valence-electron chi connectivity index (χ1n) is 5.40. The molecule has 2 aromatic rings. The molecule has 17 heavy (non-hydrogen) atoms. The van der Waals surface area contributed by atoms with Crippen LogP contribution in [0.15, 0.2) is 47.0 Å². The van der Waals surface area contributed by atoms with Gasteiger partial charge in [0.1, 0.15) is 0 Å². The average Bonchev–Trinajstić information content (AvgIpc) is 2.33. The zero-order chi connectivity index (χ0) is 12.6. The van der Waals surface area contributed by atoms with Crippen LogP contribution >= 0.6 is 15.9 Å². The Labute approximate surface area is 109 Å². The van der Waals surface area contributed by atoms with Crippen LogP contribution in [0, 0.1) is 6.92 Å². The van der Waals surface area contributed by atoms with Crippen molar-refractivity contribution in [3.8, 4) is 0 Å². The molecule has 0 aromatic heterocycles. The molecule has 0 unspecified atom stereocenters. The fraction of sp³-hybridized carbons (Fsp3) is 0.133. The van der Waals surface area contributed by atoms with Crippen LogP contribution in [0.4, 0.5) is 0 Å². The lowest BCUT2D eigenvalue weighted by molar-refractivity contribution is 0.103. The van der Waals surface area contributed by atoms with E-state index in [1.165, 1.54) is 0 Å². The molecule has 0 N–H and O–H groups in total. The number of halogens is 1. The molecule has 2 aromatic carbocycles. The fourth-order valence-corrected chi connectivity index (χ4v) is 2.35. The molecule has 0 bridgehead atoms. The predicted molar refractivity (Wildman–Crippen MR) is 75.5 cm³/mol. The molecule has 0 aliphatic rings. The molecule has 2 rings (SSSR count). The molecular weight excluding hydrogens is 276 g/mol. The minimum atomic E-state index is 0.00176. The van der Waals surface area contributed by atoms with Crippen LogP contribution in [0.5, 0.6) is 0 Å². The highest BCUT2D eigenvalue weighted by Gasteiger charge is 2.13. The summed E-state index contributed by atoms with van der Waals surface area (Å²) >= 11 is 3.50. The second-order valence-corrected chi connectivity index (χ2v) is 5.04. The number of Topliss-reactive ketones (excluding diaryl/α,β-unsaturated/α-hetero) is 1. The Morgan fingerprint density at radius 1 is 1.24 bits per heavy atom. The molecular formula is C15H13BrO. The molecule has 0 fully saturated rings. The molecule has 0 amide bonds. The van der Waals surface area contributed by atoms with E-state index in [4.69, 9.17) is 0 Å². The van der Waals surface area contributed by atoms with Crippen molar-refractivity contribution in [3.63, 3.8) is 0 Å². The zero-order valence-corrected chi connectivity index (χ0v) is 11.5. The first kappa shape index (κ1) is 12.1. The van der Waals surface area contributed by atoms with Crippen molar-refractivity contribution in [2.75, 3.05) is 0 Å². The maximum atomic E-state index is 12.1. The van der Waals surface area contributed by atoms with Crippen LogP contribution in [0.3, 0.4) is 0 Å². The molecule has 0 aliphatic carbocycles. The van der Waals surface area contributed by atoms with Crippen molar-refractivity contribution in [1.82, 2.24) is 0 Å². The van der Waals surface area contributed by atoms with E-state index in [-0.39, 0.29) is 5.78 Å². The Kier molecular flexibility index (Phi) is 3.16. The van der Waals surface area contributed by atoms with Gasteiger partial charge in [-0.05, 0) is 41.8 Å². The quantitative estimate of drug-likeness (QED) is 0.580. The van der Waals surface area contributed by atoms with Crippen molar-refractivity contribution in [2.45, 2.75) is 13.8 Å². The molecule has 1 nitrogen and oxygen atoms in total. The van der Waals surface area contributed by atoms with Crippen LogP contribution in [0.2, 0.25) is 0 Å². The van der Waals surface area contributed by atoms with Crippen molar-refractivity contribution < 1.29 is 4.79 Å². The van der Waals surface area contributed by atoms with Crippen LogP contribution < -0.4 is 0 Å². The summed E-state index contributed by atoms with van der Waals surface area (Å²) in [6, 6.07) is 9.83. The highest BCUT2D eigenvalue weighted by molar-refractivity contribution is 9.10. The van der Waals surface area contributed by atoms with Gasteiger partial charge in [-0.1, -0.05) is 46.8 Å². The standard InChI is InChI=1S/C15H13BrO/c1-9(2)15(17)13-8-14(16)10(3)11-6-4-5-7-12(11)13/h4-8H,1H2,2-3H3. The van der Waals surface area contributed by atoms with Crippen LogP contribution in [0.1, 0.15) is 22.8 Å². The maximum Gasteiger partial charge on any atom is 0.188 e. The van der Waals surface area contributed by atoms with E-state index in [0.29, 0.717) is 11.1 Å². The summed E-state index contributed by atoms with van der Waals surface area (Å²) in [5.74, 6) is 0.00176. The third kappa shape index (κ3) is 2.05. The van der Waals surface area contributed by atoms with Gasteiger partial charge >= 0.3 is 0 Å². The summed E-state index contributed by atoms with van der Waals surface area (Å²) in [7, 11) is 0. The minimum Gasteiger partial charge on any atom is -0.289 e. The third-order valence-corrected chi connectivity index (χ3v) is 3.71. The van der Waals surface area contributed by atoms with Crippen LogP contribution in [0.25, 0.3) is 10.8 Å². The predicted octanol–water partition coefficient (Wildman–Crippen LogP) is 4.67. The lowest BCUT2D eigenvalue weighted by Crippen LogP contribution is -2.01. The number of aryl methyl sites for hydroxylation is 1. The Hall–Kier alpha value is -1.41. The monoisotopic (exact) mass is 288 g/mol. The van der Waals surface area contributed by atoms with E-state index in [0.717, 1.165) is 20.8 Å². The summed E-state index contributed by atoms with van der Waals surface area (Å²) in [5, 5.41) is 2.09. The van der Waals surface area contributed by atoms with E-state index in [1.807, 2.05) is 37.3 Å². The third-order valence-electron chi connectivity index (χ3n) is 2.88. The molecule has 0 aliphatic heterocycles. The lowest BCUT2D eigenvalue weighted by Gasteiger charge is -2.10. The number of fused-ring (bicyclic) bond motifs is 1. The second kappa shape index (κ2) is 4.46. The van der Waals surface area contributed by atoms with E-state index >= 15 is 0 Å². The van der Waals surface area contributed by atoms with Gasteiger partial charge < -0.3 is 0 Å². The fourth-order valence-electron chi connectivity index (χ4n) is 1.90. The maximum absolute atomic E-state index is 12.1. The summed E-state index contributed by atoms with van der Waals surface area (Å²) in [5.41, 5.74) is 2.43. The van der Waals surface area contributed by atoms with E-state index < -0.39 is 0 Å². The van der Waals surface area contributed by atoms with Gasteiger partial charge in [0, 0.05) is 10.0 Å². The number of carbonyl (C=O) groups excluding carboxylic acids is 1. The molecule has 0 atom stereocenters. The first-order chi connectivity index (χ1) is 8.02. The highest BCUT2D eigenvalue weighted by Crippen LogP contribution is 2.30. The summed E-state index contributed by atoms with van der Waals surface area (Å²) in [6.45, 7) is 7.51. The van der Waals surface area contributed by atoms with Gasteiger partial charge in [-0.3, -0.25) is 4.79 Å². The van der Waals surface area contributed by atoms with Crippen molar-refractivity contribution in [2.24, 2.45) is 0 Å². The lowest BCUT2D eigenvalue weighted by atomic mass is 9.96. The number of ketones is 1. The zero-order valence-electron chi connectivity index (χ0n) is 9.88. The molecule has 0 spiro atoms. The number of benzene rings is 2. The van der Waals surface area contributed by atoms with E-state index in [2.05, 4.69) is 22.5 Å².